The first-order valence-corrected chi connectivity index (χ1v) is 13.3. The van der Waals surface area contributed by atoms with Crippen LogP contribution in [0, 0.1) is 0 Å². The zero-order valence-electron chi connectivity index (χ0n) is 20.1. The van der Waals surface area contributed by atoms with Crippen LogP contribution in [0.15, 0.2) is 83.8 Å². The maximum absolute atomic E-state index is 12.6. The van der Waals surface area contributed by atoms with Crippen LogP contribution in [0.1, 0.15) is 23.2 Å². The monoisotopic (exact) mass is 521 g/mol. The second-order valence-electron chi connectivity index (χ2n) is 8.47. The molecule has 1 heterocycles. The number of anilines is 1. The van der Waals surface area contributed by atoms with Crippen LogP contribution in [0.3, 0.4) is 0 Å². The Hall–Kier alpha value is -4.02. The molecule has 1 aliphatic rings. The van der Waals surface area contributed by atoms with Crippen molar-refractivity contribution in [3.05, 3.63) is 84.4 Å². The van der Waals surface area contributed by atoms with E-state index in [4.69, 9.17) is 4.74 Å². The van der Waals surface area contributed by atoms with Crippen molar-refractivity contribution in [1.82, 2.24) is 9.62 Å². The van der Waals surface area contributed by atoms with E-state index >= 15 is 0 Å². The number of nitrogens with one attached hydrogen (secondary N) is 2. The highest BCUT2D eigenvalue weighted by atomic mass is 32.2. The van der Waals surface area contributed by atoms with Crippen LogP contribution in [0.5, 0.6) is 0 Å². The molecule has 0 unspecified atom stereocenters. The Morgan fingerprint density at radius 3 is 2.08 bits per heavy atom. The van der Waals surface area contributed by atoms with Gasteiger partial charge < -0.3 is 15.4 Å². The molecule has 3 aromatic rings. The van der Waals surface area contributed by atoms with Crippen molar-refractivity contribution in [2.24, 2.45) is 0 Å². The first-order chi connectivity index (χ1) is 17.8. The van der Waals surface area contributed by atoms with E-state index in [1.165, 1.54) is 28.6 Å². The number of sulfonamides is 1. The van der Waals surface area contributed by atoms with Gasteiger partial charge in [-0.2, -0.15) is 4.31 Å². The molecule has 0 spiro atoms. The average Bonchev–Trinajstić information content (AvgIpc) is 3.48. The third kappa shape index (κ3) is 6.81. The fourth-order valence-electron chi connectivity index (χ4n) is 3.88. The molecule has 192 valence electrons. The Kier molecular flexibility index (Phi) is 8.32. The Labute approximate surface area is 215 Å². The molecule has 0 saturated carbocycles. The number of ether oxygens (including phenoxy) is 1. The Morgan fingerprint density at radius 1 is 0.811 bits per heavy atom. The fraction of sp³-hybridized carbons (Fsp3) is 0.222. The number of hydrogen-bond donors (Lipinski definition) is 2. The molecule has 0 aliphatic carbocycles. The van der Waals surface area contributed by atoms with Crippen molar-refractivity contribution in [2.45, 2.75) is 17.7 Å². The summed E-state index contributed by atoms with van der Waals surface area (Å²) in [5.41, 5.74) is 2.75. The van der Waals surface area contributed by atoms with Crippen LogP contribution in [0.25, 0.3) is 11.1 Å². The summed E-state index contributed by atoms with van der Waals surface area (Å²) in [6, 6.07) is 22.5. The molecular formula is C27H27N3O6S. The highest BCUT2D eigenvalue weighted by Crippen LogP contribution is 2.22. The molecule has 37 heavy (non-hydrogen) atoms. The Morgan fingerprint density at radius 2 is 1.43 bits per heavy atom. The molecule has 2 N–H and O–H groups in total. The number of nitrogens with zero attached hydrogens (tertiary/aromatic N) is 1. The van der Waals surface area contributed by atoms with Gasteiger partial charge in [-0.3, -0.25) is 14.4 Å². The summed E-state index contributed by atoms with van der Waals surface area (Å²) in [6.45, 7) is 0.0737. The fourth-order valence-corrected chi connectivity index (χ4v) is 5.40. The van der Waals surface area contributed by atoms with Crippen molar-refractivity contribution in [2.75, 3.05) is 31.6 Å². The van der Waals surface area contributed by atoms with Gasteiger partial charge in [0, 0.05) is 24.3 Å². The number of hydrogen-bond acceptors (Lipinski definition) is 6. The number of amides is 2. The van der Waals surface area contributed by atoms with Crippen LogP contribution in [0.2, 0.25) is 0 Å². The van der Waals surface area contributed by atoms with E-state index in [-0.39, 0.29) is 4.90 Å². The van der Waals surface area contributed by atoms with Gasteiger partial charge in [-0.25, -0.2) is 8.42 Å². The highest BCUT2D eigenvalue weighted by Gasteiger charge is 2.27. The molecule has 0 atom stereocenters. The first kappa shape index (κ1) is 26.1. The number of esters is 1. The van der Waals surface area contributed by atoms with Gasteiger partial charge >= 0.3 is 5.97 Å². The van der Waals surface area contributed by atoms with Crippen LogP contribution in [0.4, 0.5) is 5.69 Å². The lowest BCUT2D eigenvalue weighted by Crippen LogP contribution is -2.32. The second kappa shape index (κ2) is 11.8. The van der Waals surface area contributed by atoms with Gasteiger partial charge in [0.15, 0.2) is 6.61 Å². The lowest BCUT2D eigenvalue weighted by molar-refractivity contribution is -0.146. The zero-order valence-corrected chi connectivity index (χ0v) is 20.9. The molecule has 1 saturated heterocycles. The van der Waals surface area contributed by atoms with Crippen molar-refractivity contribution >= 4 is 33.5 Å². The van der Waals surface area contributed by atoms with Gasteiger partial charge in [0.1, 0.15) is 6.54 Å². The van der Waals surface area contributed by atoms with Gasteiger partial charge in [0.05, 0.1) is 4.90 Å². The van der Waals surface area contributed by atoms with Crippen LogP contribution >= 0.6 is 0 Å². The van der Waals surface area contributed by atoms with Crippen molar-refractivity contribution in [1.29, 1.82) is 0 Å². The average molecular weight is 522 g/mol. The topological polar surface area (TPSA) is 122 Å². The third-order valence-corrected chi connectivity index (χ3v) is 7.77. The Bertz CT molecular complexity index is 1350. The van der Waals surface area contributed by atoms with E-state index in [2.05, 4.69) is 10.6 Å². The standard InChI is InChI=1S/C27H27N3O6S/c31-25(29-23-12-14-24(15-13-23)37(34,35)30-16-4-5-17-30)19-36-26(32)18-28-27(33)22-10-8-21(9-11-22)20-6-2-1-3-7-20/h1-3,6-15H,4-5,16-19H2,(H,28,33)(H,29,31). The zero-order chi connectivity index (χ0) is 26.3. The maximum Gasteiger partial charge on any atom is 0.325 e. The van der Waals surface area contributed by atoms with Gasteiger partial charge in [0.2, 0.25) is 10.0 Å². The van der Waals surface area contributed by atoms with Crippen molar-refractivity contribution in [3.63, 3.8) is 0 Å². The van der Waals surface area contributed by atoms with E-state index < -0.39 is 41.0 Å². The van der Waals surface area contributed by atoms with Crippen LogP contribution < -0.4 is 10.6 Å². The molecule has 4 rings (SSSR count). The van der Waals surface area contributed by atoms with Crippen molar-refractivity contribution in [3.8, 4) is 11.1 Å². The predicted molar refractivity (Wildman–Crippen MR) is 138 cm³/mol. The predicted octanol–water partition coefficient (Wildman–Crippen LogP) is 3.05. The molecule has 2 amide bonds. The summed E-state index contributed by atoms with van der Waals surface area (Å²) in [5, 5.41) is 5.01. The van der Waals surface area contributed by atoms with Crippen molar-refractivity contribution < 1.29 is 27.5 Å². The lowest BCUT2D eigenvalue weighted by Gasteiger charge is -2.15. The molecule has 1 aliphatic heterocycles. The van der Waals surface area contributed by atoms with E-state index in [1.54, 1.807) is 12.1 Å². The molecule has 10 heteroatoms. The van der Waals surface area contributed by atoms with Gasteiger partial charge in [-0.1, -0.05) is 42.5 Å². The van der Waals surface area contributed by atoms with E-state index in [9.17, 15) is 22.8 Å². The largest absolute Gasteiger partial charge is 0.454 e. The van der Waals surface area contributed by atoms with Crippen LogP contribution in [-0.2, 0) is 24.3 Å². The van der Waals surface area contributed by atoms with E-state index in [0.29, 0.717) is 24.3 Å². The minimum Gasteiger partial charge on any atom is -0.454 e. The summed E-state index contributed by atoms with van der Waals surface area (Å²) in [4.78, 5) is 36.6. The smallest absolute Gasteiger partial charge is 0.325 e. The molecule has 9 nitrogen and oxygen atoms in total. The number of benzene rings is 3. The Balaban J connectivity index is 1.20. The number of carbonyl (C=O) groups is 3. The highest BCUT2D eigenvalue weighted by molar-refractivity contribution is 7.89. The second-order valence-corrected chi connectivity index (χ2v) is 10.4. The van der Waals surface area contributed by atoms with E-state index in [1.807, 2.05) is 42.5 Å². The molecule has 3 aromatic carbocycles. The van der Waals surface area contributed by atoms with E-state index in [0.717, 1.165) is 24.0 Å². The number of carbonyl (C=O) groups excluding carboxylic acids is 3. The number of rotatable bonds is 9. The summed E-state index contributed by atoms with van der Waals surface area (Å²) >= 11 is 0. The molecule has 0 aromatic heterocycles. The lowest BCUT2D eigenvalue weighted by atomic mass is 10.0. The van der Waals surface area contributed by atoms with Crippen LogP contribution in [-0.4, -0.2) is 56.7 Å². The normalized spacial score (nSPS) is 13.6. The molecule has 0 bridgehead atoms. The third-order valence-electron chi connectivity index (χ3n) is 5.85. The quantitative estimate of drug-likeness (QED) is 0.418. The molecule has 1 fully saturated rings. The SMILES string of the molecule is O=C(COC(=O)CNC(=O)c1ccc(-c2ccccc2)cc1)Nc1ccc(S(=O)(=O)N2CCCC2)cc1. The minimum atomic E-state index is -3.54. The first-order valence-electron chi connectivity index (χ1n) is 11.8. The van der Waals surface area contributed by atoms with Gasteiger partial charge in [-0.05, 0) is 60.4 Å². The van der Waals surface area contributed by atoms with Gasteiger partial charge in [-0.15, -0.1) is 0 Å². The summed E-state index contributed by atoms with van der Waals surface area (Å²) in [6.07, 6.45) is 1.69. The molecular weight excluding hydrogens is 494 g/mol. The van der Waals surface area contributed by atoms with Gasteiger partial charge in [0.25, 0.3) is 11.8 Å². The summed E-state index contributed by atoms with van der Waals surface area (Å²) in [5.74, 6) is -1.80. The maximum atomic E-state index is 12.6. The molecule has 0 radical (unpaired) electrons. The minimum absolute atomic E-state index is 0.157. The summed E-state index contributed by atoms with van der Waals surface area (Å²) < 4.78 is 31.5. The summed E-state index contributed by atoms with van der Waals surface area (Å²) in [7, 11) is -3.54.